The standard InChI is InChI=1S/C17H25NO4/c1-6-17(2,3)16(20)18-9-11-13(21-4)7-8-14(22-5)15(11)12(19)10-18/h7-8,12,19H,6,9-10H2,1-5H3. The van der Waals surface area contributed by atoms with Crippen LogP contribution in [0.25, 0.3) is 0 Å². The number of β-amino-alcohol motifs (C(OH)–C–C–N with tert-alkyl or cyclic N) is 1. The lowest BCUT2D eigenvalue weighted by atomic mass is 9.86. The van der Waals surface area contributed by atoms with Crippen LogP contribution in [-0.2, 0) is 11.3 Å². The highest BCUT2D eigenvalue weighted by atomic mass is 16.5. The fourth-order valence-corrected chi connectivity index (χ4v) is 2.81. The quantitative estimate of drug-likeness (QED) is 0.928. The molecule has 0 saturated heterocycles. The molecule has 5 nitrogen and oxygen atoms in total. The van der Waals surface area contributed by atoms with E-state index in [1.165, 1.54) is 0 Å². The molecule has 0 aliphatic carbocycles. The van der Waals surface area contributed by atoms with E-state index in [0.29, 0.717) is 18.0 Å². The Kier molecular flexibility index (Phi) is 4.66. The number of fused-ring (bicyclic) bond motifs is 1. The molecule has 1 aliphatic rings. The lowest BCUT2D eigenvalue weighted by Crippen LogP contribution is -2.44. The minimum Gasteiger partial charge on any atom is -0.496 e. The Bertz CT molecular complexity index is 568. The van der Waals surface area contributed by atoms with Crippen LogP contribution >= 0.6 is 0 Å². The Morgan fingerprint density at radius 2 is 1.91 bits per heavy atom. The molecule has 2 rings (SSSR count). The molecule has 0 fully saturated rings. The van der Waals surface area contributed by atoms with E-state index in [0.717, 1.165) is 17.5 Å². The van der Waals surface area contributed by atoms with E-state index in [1.807, 2.05) is 26.8 Å². The average molecular weight is 307 g/mol. The van der Waals surface area contributed by atoms with Crippen molar-refractivity contribution in [2.45, 2.75) is 39.8 Å². The molecule has 1 heterocycles. The zero-order valence-electron chi connectivity index (χ0n) is 14.0. The Labute approximate surface area is 131 Å². The lowest BCUT2D eigenvalue weighted by molar-refractivity contribution is -0.143. The van der Waals surface area contributed by atoms with E-state index in [2.05, 4.69) is 0 Å². The molecule has 0 spiro atoms. The van der Waals surface area contributed by atoms with Crippen LogP contribution in [0.4, 0.5) is 0 Å². The van der Waals surface area contributed by atoms with E-state index in [1.54, 1.807) is 25.2 Å². The Hall–Kier alpha value is -1.75. The van der Waals surface area contributed by atoms with Crippen LogP contribution in [0.1, 0.15) is 44.4 Å². The van der Waals surface area contributed by atoms with E-state index in [-0.39, 0.29) is 12.5 Å². The molecule has 1 aromatic carbocycles. The van der Waals surface area contributed by atoms with Gasteiger partial charge in [0.05, 0.1) is 20.8 Å². The summed E-state index contributed by atoms with van der Waals surface area (Å²) >= 11 is 0. The Balaban J connectivity index is 2.43. The highest BCUT2D eigenvalue weighted by Gasteiger charge is 2.36. The number of benzene rings is 1. The molecular weight excluding hydrogens is 282 g/mol. The number of hydrogen-bond acceptors (Lipinski definition) is 4. The number of aliphatic hydroxyl groups excluding tert-OH is 1. The second-order valence-corrected chi connectivity index (χ2v) is 6.30. The van der Waals surface area contributed by atoms with Gasteiger partial charge in [0.2, 0.25) is 5.91 Å². The zero-order valence-corrected chi connectivity index (χ0v) is 14.0. The summed E-state index contributed by atoms with van der Waals surface area (Å²) in [6.45, 7) is 6.56. The molecule has 5 heteroatoms. The summed E-state index contributed by atoms with van der Waals surface area (Å²) in [7, 11) is 3.16. The highest BCUT2D eigenvalue weighted by Crippen LogP contribution is 2.40. The maximum Gasteiger partial charge on any atom is 0.228 e. The number of carbonyl (C=O) groups is 1. The van der Waals surface area contributed by atoms with Crippen LogP contribution in [0.3, 0.4) is 0 Å². The molecular formula is C17H25NO4. The maximum absolute atomic E-state index is 12.7. The maximum atomic E-state index is 12.7. The first-order valence-electron chi connectivity index (χ1n) is 7.56. The number of hydrogen-bond donors (Lipinski definition) is 1. The monoisotopic (exact) mass is 307 g/mol. The lowest BCUT2D eigenvalue weighted by Gasteiger charge is -2.37. The molecule has 0 saturated carbocycles. The number of amides is 1. The first kappa shape index (κ1) is 16.6. The van der Waals surface area contributed by atoms with Crippen molar-refractivity contribution >= 4 is 5.91 Å². The number of aliphatic hydroxyl groups is 1. The van der Waals surface area contributed by atoms with Crippen molar-refractivity contribution in [2.24, 2.45) is 5.41 Å². The van der Waals surface area contributed by atoms with Crippen LogP contribution in [0.2, 0.25) is 0 Å². The summed E-state index contributed by atoms with van der Waals surface area (Å²) in [5.74, 6) is 1.34. The van der Waals surface area contributed by atoms with Crippen molar-refractivity contribution in [1.29, 1.82) is 0 Å². The number of carbonyl (C=O) groups excluding carboxylic acids is 1. The number of nitrogens with zero attached hydrogens (tertiary/aromatic N) is 1. The van der Waals surface area contributed by atoms with Gasteiger partial charge in [0.15, 0.2) is 0 Å². The molecule has 122 valence electrons. The highest BCUT2D eigenvalue weighted by molar-refractivity contribution is 5.82. The van der Waals surface area contributed by atoms with Crippen LogP contribution in [0.15, 0.2) is 12.1 Å². The van der Waals surface area contributed by atoms with Gasteiger partial charge in [0.25, 0.3) is 0 Å². The summed E-state index contributed by atoms with van der Waals surface area (Å²) in [6, 6.07) is 3.59. The normalized spacial score (nSPS) is 17.9. The van der Waals surface area contributed by atoms with Gasteiger partial charge in [-0.1, -0.05) is 20.8 Å². The van der Waals surface area contributed by atoms with Gasteiger partial charge in [0, 0.05) is 23.1 Å². The van der Waals surface area contributed by atoms with Gasteiger partial charge in [-0.25, -0.2) is 0 Å². The van der Waals surface area contributed by atoms with Crippen molar-refractivity contribution in [3.8, 4) is 11.5 Å². The first-order chi connectivity index (χ1) is 10.4. The SMILES string of the molecule is CCC(C)(C)C(=O)N1Cc2c(OC)ccc(OC)c2C(O)C1. The zero-order chi connectivity index (χ0) is 16.5. The molecule has 1 unspecified atom stereocenters. The fourth-order valence-electron chi connectivity index (χ4n) is 2.81. The molecule has 1 aromatic rings. The number of methoxy groups -OCH3 is 2. The molecule has 1 atom stereocenters. The van der Waals surface area contributed by atoms with Crippen molar-refractivity contribution in [3.05, 3.63) is 23.3 Å². The van der Waals surface area contributed by atoms with Gasteiger partial charge in [-0.3, -0.25) is 4.79 Å². The van der Waals surface area contributed by atoms with Gasteiger partial charge in [-0.15, -0.1) is 0 Å². The second kappa shape index (κ2) is 6.16. The Morgan fingerprint density at radius 1 is 1.32 bits per heavy atom. The third-order valence-corrected chi connectivity index (χ3v) is 4.54. The predicted molar refractivity (Wildman–Crippen MR) is 84.0 cm³/mol. The number of ether oxygens (including phenoxy) is 2. The van der Waals surface area contributed by atoms with E-state index >= 15 is 0 Å². The van der Waals surface area contributed by atoms with Crippen molar-refractivity contribution in [2.75, 3.05) is 20.8 Å². The average Bonchev–Trinajstić information content (AvgIpc) is 2.52. The van der Waals surface area contributed by atoms with Gasteiger partial charge in [0.1, 0.15) is 17.6 Å². The predicted octanol–water partition coefficient (Wildman–Crippen LogP) is 2.52. The minimum absolute atomic E-state index is 0.0459. The summed E-state index contributed by atoms with van der Waals surface area (Å²) in [5, 5.41) is 10.5. The van der Waals surface area contributed by atoms with Gasteiger partial charge < -0.3 is 19.5 Å². The summed E-state index contributed by atoms with van der Waals surface area (Å²) in [4.78, 5) is 14.4. The van der Waals surface area contributed by atoms with Crippen molar-refractivity contribution in [1.82, 2.24) is 4.90 Å². The topological polar surface area (TPSA) is 59.0 Å². The van der Waals surface area contributed by atoms with E-state index in [9.17, 15) is 9.90 Å². The molecule has 1 N–H and O–H groups in total. The first-order valence-corrected chi connectivity index (χ1v) is 7.56. The van der Waals surface area contributed by atoms with Crippen LogP contribution in [0.5, 0.6) is 11.5 Å². The smallest absolute Gasteiger partial charge is 0.228 e. The summed E-state index contributed by atoms with van der Waals surface area (Å²) in [5.41, 5.74) is 1.10. The van der Waals surface area contributed by atoms with E-state index < -0.39 is 11.5 Å². The minimum atomic E-state index is -0.773. The van der Waals surface area contributed by atoms with Crippen LogP contribution in [0, 0.1) is 5.41 Å². The Morgan fingerprint density at radius 3 is 2.45 bits per heavy atom. The van der Waals surface area contributed by atoms with Gasteiger partial charge in [-0.2, -0.15) is 0 Å². The molecule has 1 amide bonds. The summed E-state index contributed by atoms with van der Waals surface area (Å²) < 4.78 is 10.7. The molecule has 0 aromatic heterocycles. The van der Waals surface area contributed by atoms with Gasteiger partial charge in [-0.05, 0) is 18.6 Å². The third-order valence-electron chi connectivity index (χ3n) is 4.54. The molecule has 0 radical (unpaired) electrons. The summed E-state index contributed by atoms with van der Waals surface area (Å²) in [6.07, 6.45) is -0.0222. The van der Waals surface area contributed by atoms with Gasteiger partial charge >= 0.3 is 0 Å². The molecule has 1 aliphatic heterocycles. The van der Waals surface area contributed by atoms with Crippen LogP contribution in [-0.4, -0.2) is 36.7 Å². The van der Waals surface area contributed by atoms with Crippen molar-refractivity contribution < 1.29 is 19.4 Å². The number of rotatable bonds is 4. The van der Waals surface area contributed by atoms with Crippen molar-refractivity contribution in [3.63, 3.8) is 0 Å². The fraction of sp³-hybridized carbons (Fsp3) is 0.588. The van der Waals surface area contributed by atoms with E-state index in [4.69, 9.17) is 9.47 Å². The molecule has 0 bridgehead atoms. The third kappa shape index (κ3) is 2.77. The molecule has 22 heavy (non-hydrogen) atoms. The second-order valence-electron chi connectivity index (χ2n) is 6.30. The largest absolute Gasteiger partial charge is 0.496 e. The van der Waals surface area contributed by atoms with Crippen LogP contribution < -0.4 is 9.47 Å².